The average Bonchev–Trinajstić information content (AvgIpc) is 2.30. The van der Waals surface area contributed by atoms with Crippen molar-refractivity contribution >= 4 is 5.91 Å². The highest BCUT2D eigenvalue weighted by Crippen LogP contribution is 2.10. The van der Waals surface area contributed by atoms with Crippen LogP contribution in [0.3, 0.4) is 0 Å². The van der Waals surface area contributed by atoms with Gasteiger partial charge < -0.3 is 10.6 Å². The molecule has 3 nitrogen and oxygen atoms in total. The van der Waals surface area contributed by atoms with Gasteiger partial charge in [0.1, 0.15) is 5.82 Å². The van der Waals surface area contributed by atoms with Gasteiger partial charge in [-0.05, 0) is 12.0 Å². The number of halogens is 1. The van der Waals surface area contributed by atoms with Crippen LogP contribution in [0.2, 0.25) is 0 Å². The lowest BCUT2D eigenvalue weighted by Gasteiger charge is -2.23. The molecule has 0 radical (unpaired) electrons. The van der Waals surface area contributed by atoms with Gasteiger partial charge in [-0.1, -0.05) is 32.0 Å². The zero-order valence-electron chi connectivity index (χ0n) is 10.5. The molecule has 0 aliphatic heterocycles. The van der Waals surface area contributed by atoms with Crippen molar-refractivity contribution in [3.8, 4) is 0 Å². The molecule has 0 bridgehead atoms. The Balaban J connectivity index is 2.70. The quantitative estimate of drug-likeness (QED) is 0.869. The molecule has 0 aliphatic rings. The fraction of sp³-hybridized carbons (Fsp3) is 0.462. The van der Waals surface area contributed by atoms with Gasteiger partial charge in [-0.15, -0.1) is 0 Å². The van der Waals surface area contributed by atoms with Gasteiger partial charge in [-0.3, -0.25) is 4.79 Å². The molecule has 0 unspecified atom stereocenters. The third kappa shape index (κ3) is 3.53. The lowest BCUT2D eigenvalue weighted by Crippen LogP contribution is -2.44. The Morgan fingerprint density at radius 1 is 1.41 bits per heavy atom. The smallest absolute Gasteiger partial charge is 0.239 e. The first-order chi connectivity index (χ1) is 7.93. The lowest BCUT2D eigenvalue weighted by molar-refractivity contribution is -0.132. The van der Waals surface area contributed by atoms with Crippen LogP contribution >= 0.6 is 0 Å². The third-order valence-corrected chi connectivity index (χ3v) is 2.74. The van der Waals surface area contributed by atoms with Crippen LogP contribution < -0.4 is 5.73 Å². The number of hydrogen-bond acceptors (Lipinski definition) is 2. The molecule has 0 spiro atoms. The highest BCUT2D eigenvalue weighted by molar-refractivity contribution is 5.81. The molecule has 1 aromatic carbocycles. The highest BCUT2D eigenvalue weighted by atomic mass is 19.1. The van der Waals surface area contributed by atoms with Crippen LogP contribution in [0.4, 0.5) is 4.39 Å². The summed E-state index contributed by atoms with van der Waals surface area (Å²) >= 11 is 0. The Labute approximate surface area is 101 Å². The third-order valence-electron chi connectivity index (χ3n) is 2.74. The van der Waals surface area contributed by atoms with Gasteiger partial charge in [0.15, 0.2) is 0 Å². The lowest BCUT2D eigenvalue weighted by atomic mass is 10.0. The summed E-state index contributed by atoms with van der Waals surface area (Å²) in [6.45, 7) is 4.02. The predicted molar refractivity (Wildman–Crippen MR) is 65.7 cm³/mol. The standard InChI is InChI=1S/C13H19FN2O/c1-9(2)12(15)13(17)16(3)8-10-6-4-5-7-11(10)14/h4-7,9,12H,8,15H2,1-3H3/t12-/m1/s1. The summed E-state index contributed by atoms with van der Waals surface area (Å²) in [5.74, 6) is -0.390. The maximum absolute atomic E-state index is 13.4. The van der Waals surface area contributed by atoms with Crippen LogP contribution in [0.15, 0.2) is 24.3 Å². The van der Waals surface area contributed by atoms with E-state index in [0.29, 0.717) is 5.56 Å². The summed E-state index contributed by atoms with van der Waals surface area (Å²) in [6.07, 6.45) is 0. The van der Waals surface area contributed by atoms with E-state index < -0.39 is 6.04 Å². The molecule has 0 fully saturated rings. The van der Waals surface area contributed by atoms with Gasteiger partial charge >= 0.3 is 0 Å². The Bertz CT molecular complexity index is 393. The summed E-state index contributed by atoms with van der Waals surface area (Å²) in [6, 6.07) is 5.89. The van der Waals surface area contributed by atoms with Crippen LogP contribution in [0.25, 0.3) is 0 Å². The molecule has 4 heteroatoms. The normalized spacial score (nSPS) is 12.6. The number of benzene rings is 1. The number of likely N-dealkylation sites (N-methyl/N-ethyl adjacent to an activating group) is 1. The zero-order valence-corrected chi connectivity index (χ0v) is 10.5. The summed E-state index contributed by atoms with van der Waals surface area (Å²) in [4.78, 5) is 13.3. The first-order valence-electron chi connectivity index (χ1n) is 5.67. The monoisotopic (exact) mass is 238 g/mol. The predicted octanol–water partition coefficient (Wildman–Crippen LogP) is 1.77. The van der Waals surface area contributed by atoms with Crippen LogP contribution in [0.5, 0.6) is 0 Å². The molecule has 1 aromatic rings. The van der Waals surface area contributed by atoms with Crippen molar-refractivity contribution in [2.45, 2.75) is 26.4 Å². The van der Waals surface area contributed by atoms with Crippen molar-refractivity contribution in [1.82, 2.24) is 4.90 Å². The first-order valence-corrected chi connectivity index (χ1v) is 5.67. The molecule has 1 atom stereocenters. The molecule has 1 rings (SSSR count). The summed E-state index contributed by atoms with van der Waals surface area (Å²) in [5, 5.41) is 0. The van der Waals surface area contributed by atoms with Gasteiger partial charge in [0.2, 0.25) is 5.91 Å². The minimum absolute atomic E-state index is 0.0746. The van der Waals surface area contributed by atoms with Crippen molar-refractivity contribution in [1.29, 1.82) is 0 Å². The van der Waals surface area contributed by atoms with E-state index in [1.807, 2.05) is 13.8 Å². The number of carbonyl (C=O) groups excluding carboxylic acids is 1. The fourth-order valence-corrected chi connectivity index (χ4v) is 1.50. The number of rotatable bonds is 4. The van der Waals surface area contributed by atoms with Crippen molar-refractivity contribution < 1.29 is 9.18 Å². The molecular formula is C13H19FN2O. The number of hydrogen-bond donors (Lipinski definition) is 1. The largest absolute Gasteiger partial charge is 0.340 e. The molecule has 0 heterocycles. The number of nitrogens with two attached hydrogens (primary N) is 1. The maximum atomic E-state index is 13.4. The molecular weight excluding hydrogens is 219 g/mol. The number of carbonyl (C=O) groups is 1. The van der Waals surface area contributed by atoms with Crippen molar-refractivity contribution in [2.75, 3.05) is 7.05 Å². The van der Waals surface area contributed by atoms with Gasteiger partial charge in [0.05, 0.1) is 6.04 Å². The van der Waals surface area contributed by atoms with Crippen LogP contribution in [-0.4, -0.2) is 23.9 Å². The SMILES string of the molecule is CC(C)[C@@H](N)C(=O)N(C)Cc1ccccc1F. The molecule has 94 valence electrons. The molecule has 1 amide bonds. The highest BCUT2D eigenvalue weighted by Gasteiger charge is 2.21. The second-order valence-corrected chi connectivity index (χ2v) is 4.56. The van der Waals surface area contributed by atoms with E-state index in [2.05, 4.69) is 0 Å². The molecule has 0 saturated heterocycles. The summed E-state index contributed by atoms with van der Waals surface area (Å²) < 4.78 is 13.4. The topological polar surface area (TPSA) is 46.3 Å². The van der Waals surface area contributed by atoms with E-state index in [9.17, 15) is 9.18 Å². The van der Waals surface area contributed by atoms with Gasteiger partial charge in [0.25, 0.3) is 0 Å². The van der Waals surface area contributed by atoms with Crippen molar-refractivity contribution in [2.24, 2.45) is 11.7 Å². The van der Waals surface area contributed by atoms with Crippen LogP contribution in [-0.2, 0) is 11.3 Å². The summed E-state index contributed by atoms with van der Waals surface area (Å²) in [5.41, 5.74) is 6.27. The first kappa shape index (κ1) is 13.6. The molecule has 2 N–H and O–H groups in total. The second kappa shape index (κ2) is 5.77. The van der Waals surface area contributed by atoms with Crippen molar-refractivity contribution in [3.63, 3.8) is 0 Å². The Morgan fingerprint density at radius 2 is 2.00 bits per heavy atom. The van der Waals surface area contributed by atoms with Crippen LogP contribution in [0.1, 0.15) is 19.4 Å². The minimum Gasteiger partial charge on any atom is -0.340 e. The maximum Gasteiger partial charge on any atom is 0.239 e. The van der Waals surface area contributed by atoms with E-state index in [4.69, 9.17) is 5.73 Å². The summed E-state index contributed by atoms with van der Waals surface area (Å²) in [7, 11) is 1.64. The Hall–Kier alpha value is -1.42. The fourth-order valence-electron chi connectivity index (χ4n) is 1.50. The molecule has 17 heavy (non-hydrogen) atoms. The van der Waals surface area contributed by atoms with Crippen LogP contribution in [0, 0.1) is 11.7 Å². The van der Waals surface area contributed by atoms with Gasteiger partial charge in [0, 0.05) is 19.2 Å². The zero-order chi connectivity index (χ0) is 13.0. The van der Waals surface area contributed by atoms with E-state index in [1.165, 1.54) is 11.0 Å². The molecule has 0 aliphatic carbocycles. The second-order valence-electron chi connectivity index (χ2n) is 4.56. The van der Waals surface area contributed by atoms with E-state index >= 15 is 0 Å². The Morgan fingerprint density at radius 3 is 2.53 bits per heavy atom. The van der Waals surface area contributed by atoms with E-state index in [1.54, 1.807) is 25.2 Å². The average molecular weight is 238 g/mol. The molecule has 0 aromatic heterocycles. The Kier molecular flexibility index (Phi) is 4.63. The van der Waals surface area contributed by atoms with E-state index in [0.717, 1.165) is 0 Å². The van der Waals surface area contributed by atoms with E-state index in [-0.39, 0.29) is 24.2 Å². The van der Waals surface area contributed by atoms with Crippen molar-refractivity contribution in [3.05, 3.63) is 35.6 Å². The van der Waals surface area contributed by atoms with Gasteiger partial charge in [-0.2, -0.15) is 0 Å². The minimum atomic E-state index is -0.535. The molecule has 0 saturated carbocycles. The number of nitrogens with zero attached hydrogens (tertiary/aromatic N) is 1. The van der Waals surface area contributed by atoms with Gasteiger partial charge in [-0.25, -0.2) is 4.39 Å². The number of amides is 1.